The molecular formula is C16H30N2O2. The van der Waals surface area contributed by atoms with Crippen LogP contribution in [0.5, 0.6) is 0 Å². The Morgan fingerprint density at radius 1 is 1.35 bits per heavy atom. The quantitative estimate of drug-likeness (QED) is 0.805. The van der Waals surface area contributed by atoms with Gasteiger partial charge in [-0.2, -0.15) is 0 Å². The van der Waals surface area contributed by atoms with Gasteiger partial charge in [0.1, 0.15) is 6.10 Å². The normalized spacial score (nSPS) is 30.2. The van der Waals surface area contributed by atoms with Crippen molar-refractivity contribution in [3.05, 3.63) is 0 Å². The third kappa shape index (κ3) is 3.95. The van der Waals surface area contributed by atoms with Crippen molar-refractivity contribution in [2.24, 2.45) is 11.1 Å². The average molecular weight is 282 g/mol. The third-order valence-electron chi connectivity index (χ3n) is 4.91. The second kappa shape index (κ2) is 6.90. The molecule has 2 aliphatic rings. The van der Waals surface area contributed by atoms with Crippen LogP contribution >= 0.6 is 0 Å². The molecule has 0 bridgehead atoms. The number of hydrogen-bond donors (Lipinski definition) is 1. The first kappa shape index (κ1) is 15.8. The van der Waals surface area contributed by atoms with E-state index in [0.717, 1.165) is 32.4 Å². The zero-order valence-corrected chi connectivity index (χ0v) is 13.1. The molecule has 4 heteroatoms. The van der Waals surface area contributed by atoms with Crippen molar-refractivity contribution in [2.45, 2.75) is 71.0 Å². The molecule has 1 heterocycles. The van der Waals surface area contributed by atoms with Gasteiger partial charge in [0.25, 0.3) is 5.91 Å². The van der Waals surface area contributed by atoms with E-state index in [9.17, 15) is 4.79 Å². The number of nitrogens with two attached hydrogens (primary N) is 1. The van der Waals surface area contributed by atoms with Gasteiger partial charge < -0.3 is 15.4 Å². The molecule has 4 nitrogen and oxygen atoms in total. The van der Waals surface area contributed by atoms with E-state index in [2.05, 4.69) is 6.92 Å². The molecule has 2 N–H and O–H groups in total. The van der Waals surface area contributed by atoms with Crippen molar-refractivity contribution in [2.75, 3.05) is 19.6 Å². The van der Waals surface area contributed by atoms with Gasteiger partial charge in [0.05, 0.1) is 6.10 Å². The van der Waals surface area contributed by atoms with Crippen LogP contribution in [-0.2, 0) is 9.53 Å². The molecule has 2 unspecified atom stereocenters. The van der Waals surface area contributed by atoms with E-state index in [1.165, 1.54) is 25.7 Å². The minimum Gasteiger partial charge on any atom is -0.365 e. The summed E-state index contributed by atoms with van der Waals surface area (Å²) in [5, 5.41) is 0. The maximum absolute atomic E-state index is 12.5. The summed E-state index contributed by atoms with van der Waals surface area (Å²) in [6, 6.07) is 0. The maximum atomic E-state index is 12.5. The molecule has 1 aliphatic carbocycles. The van der Waals surface area contributed by atoms with E-state index in [0.29, 0.717) is 6.54 Å². The summed E-state index contributed by atoms with van der Waals surface area (Å²) >= 11 is 0. The fourth-order valence-electron chi connectivity index (χ4n) is 3.36. The number of carbonyl (C=O) groups excluding carboxylic acids is 1. The summed E-state index contributed by atoms with van der Waals surface area (Å²) in [6.07, 6.45) is 8.29. The first-order valence-electron chi connectivity index (χ1n) is 8.18. The van der Waals surface area contributed by atoms with Gasteiger partial charge in [0.2, 0.25) is 0 Å². The number of carbonyl (C=O) groups is 1. The Labute approximate surface area is 123 Å². The highest BCUT2D eigenvalue weighted by Crippen LogP contribution is 2.29. The number of likely N-dealkylation sites (tertiary alicyclic amines) is 1. The van der Waals surface area contributed by atoms with Gasteiger partial charge in [0, 0.05) is 13.1 Å². The molecule has 0 spiro atoms. The highest BCUT2D eigenvalue weighted by atomic mass is 16.5. The molecule has 1 saturated heterocycles. The van der Waals surface area contributed by atoms with E-state index in [-0.39, 0.29) is 23.5 Å². The predicted octanol–water partition coefficient (Wildman–Crippen LogP) is 2.31. The highest BCUT2D eigenvalue weighted by molar-refractivity contribution is 5.80. The Balaban J connectivity index is 1.82. The maximum Gasteiger partial charge on any atom is 0.251 e. The van der Waals surface area contributed by atoms with Gasteiger partial charge >= 0.3 is 0 Å². The molecule has 116 valence electrons. The topological polar surface area (TPSA) is 55.6 Å². The fraction of sp³-hybridized carbons (Fsp3) is 0.938. The molecule has 20 heavy (non-hydrogen) atoms. The molecule has 2 atom stereocenters. The van der Waals surface area contributed by atoms with Gasteiger partial charge in [-0.3, -0.25) is 4.79 Å². The Kier molecular flexibility index (Phi) is 5.44. The van der Waals surface area contributed by atoms with Gasteiger partial charge in [-0.25, -0.2) is 0 Å². The van der Waals surface area contributed by atoms with Crippen molar-refractivity contribution in [1.29, 1.82) is 0 Å². The molecule has 0 radical (unpaired) electrons. The SMILES string of the molecule is CC(OC1CCCCCC1)C(=O)N1CCC(C)(CN)C1. The number of ether oxygens (including phenoxy) is 1. The summed E-state index contributed by atoms with van der Waals surface area (Å²) in [5.74, 6) is 0.145. The second-order valence-electron chi connectivity index (χ2n) is 6.92. The highest BCUT2D eigenvalue weighted by Gasteiger charge is 2.36. The molecule has 2 rings (SSSR count). The van der Waals surface area contributed by atoms with E-state index in [1.807, 2.05) is 11.8 Å². The minimum absolute atomic E-state index is 0.0949. The van der Waals surface area contributed by atoms with Crippen LogP contribution in [0.4, 0.5) is 0 Å². The Morgan fingerprint density at radius 3 is 2.55 bits per heavy atom. The van der Waals surface area contributed by atoms with Gasteiger partial charge in [-0.1, -0.05) is 32.6 Å². The molecule has 2 fully saturated rings. The minimum atomic E-state index is -0.307. The zero-order valence-electron chi connectivity index (χ0n) is 13.1. The van der Waals surface area contributed by atoms with Crippen LogP contribution in [0.25, 0.3) is 0 Å². The van der Waals surface area contributed by atoms with Gasteiger partial charge in [0.15, 0.2) is 0 Å². The Bertz CT molecular complexity index is 326. The molecule has 0 aromatic heterocycles. The van der Waals surface area contributed by atoms with E-state index >= 15 is 0 Å². The van der Waals surface area contributed by atoms with Crippen molar-refractivity contribution in [1.82, 2.24) is 4.90 Å². The number of amides is 1. The summed E-state index contributed by atoms with van der Waals surface area (Å²) in [7, 11) is 0. The summed E-state index contributed by atoms with van der Waals surface area (Å²) in [6.45, 7) is 6.32. The number of nitrogens with zero attached hydrogens (tertiary/aromatic N) is 1. The van der Waals surface area contributed by atoms with Crippen LogP contribution in [0, 0.1) is 5.41 Å². The summed E-state index contributed by atoms with van der Waals surface area (Å²) in [5.41, 5.74) is 5.90. The largest absolute Gasteiger partial charge is 0.365 e. The van der Waals surface area contributed by atoms with Crippen LogP contribution in [0.15, 0.2) is 0 Å². The fourth-order valence-corrected chi connectivity index (χ4v) is 3.36. The first-order chi connectivity index (χ1) is 9.54. The van der Waals surface area contributed by atoms with Crippen LogP contribution in [-0.4, -0.2) is 42.6 Å². The third-order valence-corrected chi connectivity index (χ3v) is 4.91. The molecule has 0 aromatic rings. The van der Waals surface area contributed by atoms with Gasteiger partial charge in [-0.05, 0) is 38.1 Å². The van der Waals surface area contributed by atoms with Crippen molar-refractivity contribution in [3.63, 3.8) is 0 Å². The second-order valence-corrected chi connectivity index (χ2v) is 6.92. The monoisotopic (exact) mass is 282 g/mol. The lowest BCUT2D eigenvalue weighted by molar-refractivity contribution is -0.146. The predicted molar refractivity (Wildman–Crippen MR) is 80.4 cm³/mol. The summed E-state index contributed by atoms with van der Waals surface area (Å²) < 4.78 is 6.02. The lowest BCUT2D eigenvalue weighted by atomic mass is 9.90. The summed E-state index contributed by atoms with van der Waals surface area (Å²) in [4.78, 5) is 14.4. The van der Waals surface area contributed by atoms with Crippen molar-refractivity contribution in [3.8, 4) is 0 Å². The van der Waals surface area contributed by atoms with E-state index in [1.54, 1.807) is 0 Å². The Hall–Kier alpha value is -0.610. The van der Waals surface area contributed by atoms with Crippen molar-refractivity contribution < 1.29 is 9.53 Å². The average Bonchev–Trinajstić information content (AvgIpc) is 2.67. The molecular weight excluding hydrogens is 252 g/mol. The van der Waals surface area contributed by atoms with Crippen LogP contribution in [0.2, 0.25) is 0 Å². The smallest absolute Gasteiger partial charge is 0.251 e. The number of rotatable bonds is 4. The molecule has 1 aliphatic heterocycles. The van der Waals surface area contributed by atoms with Crippen LogP contribution in [0.3, 0.4) is 0 Å². The molecule has 1 amide bonds. The van der Waals surface area contributed by atoms with E-state index < -0.39 is 0 Å². The lowest BCUT2D eigenvalue weighted by Gasteiger charge is -2.26. The Morgan fingerprint density at radius 2 is 2.00 bits per heavy atom. The lowest BCUT2D eigenvalue weighted by Crippen LogP contribution is -2.41. The molecule has 0 aromatic carbocycles. The van der Waals surface area contributed by atoms with E-state index in [4.69, 9.17) is 10.5 Å². The van der Waals surface area contributed by atoms with Crippen molar-refractivity contribution >= 4 is 5.91 Å². The first-order valence-corrected chi connectivity index (χ1v) is 8.18. The van der Waals surface area contributed by atoms with Crippen LogP contribution < -0.4 is 5.73 Å². The standard InChI is InChI=1S/C16H30N2O2/c1-13(20-14-7-5-3-4-6-8-14)15(19)18-10-9-16(2,11-17)12-18/h13-14H,3-12,17H2,1-2H3. The zero-order chi connectivity index (χ0) is 14.6. The molecule has 1 saturated carbocycles. The van der Waals surface area contributed by atoms with Gasteiger partial charge in [-0.15, -0.1) is 0 Å². The number of hydrogen-bond acceptors (Lipinski definition) is 3. The van der Waals surface area contributed by atoms with Crippen LogP contribution in [0.1, 0.15) is 58.8 Å².